The summed E-state index contributed by atoms with van der Waals surface area (Å²) >= 11 is 0. The number of benzene rings is 1. The van der Waals surface area contributed by atoms with Crippen LogP contribution in [0.2, 0.25) is 0 Å². The molecule has 2 amide bonds. The number of hydrogen-bond donors (Lipinski definition) is 3. The molecular formula is C17H28N4O4S. The Kier molecular flexibility index (Phi) is 7.31. The predicted octanol–water partition coefficient (Wildman–Crippen LogP) is 0.755. The highest BCUT2D eigenvalue weighted by molar-refractivity contribution is 7.89. The van der Waals surface area contributed by atoms with Gasteiger partial charge in [-0.2, -0.15) is 4.31 Å². The van der Waals surface area contributed by atoms with Crippen molar-refractivity contribution in [1.82, 2.24) is 9.62 Å². The molecule has 146 valence electrons. The molecule has 0 spiro atoms. The standard InChI is InChI=1S/C17H28N4O4S/c1-12(2)17(4,11-18)20-16(23)10-21(5)26(24,25)15-8-6-14(7-9-15)19-13(3)22/h6-9,12H,10-11,18H2,1-5H3,(H,19,22)(H,20,23). The maximum atomic E-state index is 12.6. The van der Waals surface area contributed by atoms with Gasteiger partial charge in [0.25, 0.3) is 0 Å². The van der Waals surface area contributed by atoms with Gasteiger partial charge in [0.2, 0.25) is 21.8 Å². The number of sulfonamides is 1. The lowest BCUT2D eigenvalue weighted by Crippen LogP contribution is -2.56. The Bertz CT molecular complexity index is 747. The Morgan fingerprint density at radius 2 is 1.77 bits per heavy atom. The molecule has 4 N–H and O–H groups in total. The van der Waals surface area contributed by atoms with E-state index < -0.39 is 21.5 Å². The van der Waals surface area contributed by atoms with Crippen molar-refractivity contribution in [2.45, 2.75) is 38.1 Å². The summed E-state index contributed by atoms with van der Waals surface area (Å²) in [5, 5.41) is 5.37. The van der Waals surface area contributed by atoms with E-state index in [-0.39, 0.29) is 29.8 Å². The molecule has 1 rings (SSSR count). The maximum Gasteiger partial charge on any atom is 0.243 e. The van der Waals surface area contributed by atoms with Gasteiger partial charge in [0.05, 0.1) is 17.0 Å². The van der Waals surface area contributed by atoms with Crippen LogP contribution < -0.4 is 16.4 Å². The molecule has 1 atom stereocenters. The Hall–Kier alpha value is -1.97. The molecule has 1 aromatic carbocycles. The van der Waals surface area contributed by atoms with E-state index in [2.05, 4.69) is 10.6 Å². The molecule has 8 nitrogen and oxygen atoms in total. The van der Waals surface area contributed by atoms with Gasteiger partial charge in [0.1, 0.15) is 0 Å². The minimum Gasteiger partial charge on any atom is -0.348 e. The fourth-order valence-electron chi connectivity index (χ4n) is 2.17. The van der Waals surface area contributed by atoms with Gasteiger partial charge in [0, 0.05) is 26.2 Å². The van der Waals surface area contributed by atoms with Gasteiger partial charge in [-0.3, -0.25) is 9.59 Å². The van der Waals surface area contributed by atoms with E-state index in [9.17, 15) is 18.0 Å². The second-order valence-corrected chi connectivity index (χ2v) is 8.84. The van der Waals surface area contributed by atoms with Crippen LogP contribution in [0.25, 0.3) is 0 Å². The van der Waals surface area contributed by atoms with E-state index >= 15 is 0 Å². The predicted molar refractivity (Wildman–Crippen MR) is 101 cm³/mol. The molecule has 0 saturated carbocycles. The minimum atomic E-state index is -3.83. The third kappa shape index (κ3) is 5.52. The van der Waals surface area contributed by atoms with Crippen LogP contribution in [0.4, 0.5) is 5.69 Å². The van der Waals surface area contributed by atoms with E-state index in [1.807, 2.05) is 20.8 Å². The molecule has 1 aromatic rings. The Morgan fingerprint density at radius 1 is 1.23 bits per heavy atom. The minimum absolute atomic E-state index is 0.0346. The number of anilines is 1. The zero-order valence-electron chi connectivity index (χ0n) is 15.9. The molecular weight excluding hydrogens is 356 g/mol. The van der Waals surface area contributed by atoms with E-state index in [0.717, 1.165) is 4.31 Å². The molecule has 0 radical (unpaired) electrons. The van der Waals surface area contributed by atoms with E-state index in [1.54, 1.807) is 0 Å². The zero-order chi connectivity index (χ0) is 20.1. The number of nitrogens with one attached hydrogen (secondary N) is 2. The van der Waals surface area contributed by atoms with E-state index in [1.165, 1.54) is 38.2 Å². The average Bonchev–Trinajstić information content (AvgIpc) is 2.54. The summed E-state index contributed by atoms with van der Waals surface area (Å²) in [4.78, 5) is 23.3. The first kappa shape index (κ1) is 22.1. The van der Waals surface area contributed by atoms with E-state index in [4.69, 9.17) is 5.73 Å². The van der Waals surface area contributed by atoms with Crippen LogP contribution in [0.3, 0.4) is 0 Å². The molecule has 0 aliphatic rings. The molecule has 26 heavy (non-hydrogen) atoms. The number of likely N-dealkylation sites (N-methyl/N-ethyl adjacent to an activating group) is 1. The van der Waals surface area contributed by atoms with Crippen molar-refractivity contribution in [3.8, 4) is 0 Å². The molecule has 0 fully saturated rings. The van der Waals surface area contributed by atoms with Crippen LogP contribution in [-0.4, -0.2) is 50.2 Å². The van der Waals surface area contributed by atoms with Crippen molar-refractivity contribution in [3.05, 3.63) is 24.3 Å². The summed E-state index contributed by atoms with van der Waals surface area (Å²) in [6, 6.07) is 5.75. The molecule has 0 heterocycles. The lowest BCUT2D eigenvalue weighted by atomic mass is 9.88. The number of amides is 2. The Labute approximate surface area is 155 Å². The third-order valence-corrected chi connectivity index (χ3v) is 6.19. The molecule has 0 bridgehead atoms. The number of nitrogens with two attached hydrogens (primary N) is 1. The lowest BCUT2D eigenvalue weighted by Gasteiger charge is -2.34. The maximum absolute atomic E-state index is 12.6. The molecule has 0 aliphatic heterocycles. The quantitative estimate of drug-likeness (QED) is 0.611. The first-order valence-electron chi connectivity index (χ1n) is 8.27. The van der Waals surface area contributed by atoms with Gasteiger partial charge in [-0.05, 0) is 37.1 Å². The summed E-state index contributed by atoms with van der Waals surface area (Å²) in [5.74, 6) is -0.574. The fraction of sp³-hybridized carbons (Fsp3) is 0.529. The van der Waals surface area contributed by atoms with Crippen molar-refractivity contribution in [2.24, 2.45) is 11.7 Å². The smallest absolute Gasteiger partial charge is 0.243 e. The summed E-state index contributed by atoms with van der Waals surface area (Å²) in [6.45, 7) is 6.98. The first-order chi connectivity index (χ1) is 11.9. The Morgan fingerprint density at radius 3 is 2.19 bits per heavy atom. The zero-order valence-corrected chi connectivity index (χ0v) is 16.7. The highest BCUT2D eigenvalue weighted by atomic mass is 32.2. The SMILES string of the molecule is CC(=O)Nc1ccc(S(=O)(=O)N(C)CC(=O)NC(C)(CN)C(C)C)cc1. The first-order valence-corrected chi connectivity index (χ1v) is 9.71. The van der Waals surface area contributed by atoms with Crippen LogP contribution >= 0.6 is 0 Å². The van der Waals surface area contributed by atoms with Gasteiger partial charge >= 0.3 is 0 Å². The van der Waals surface area contributed by atoms with Crippen molar-refractivity contribution in [1.29, 1.82) is 0 Å². The van der Waals surface area contributed by atoms with Gasteiger partial charge in [0.15, 0.2) is 0 Å². The monoisotopic (exact) mass is 384 g/mol. The molecule has 0 saturated heterocycles. The van der Waals surface area contributed by atoms with Crippen LogP contribution in [-0.2, 0) is 19.6 Å². The van der Waals surface area contributed by atoms with Gasteiger partial charge in [-0.15, -0.1) is 0 Å². The topological polar surface area (TPSA) is 122 Å². The lowest BCUT2D eigenvalue weighted by molar-refractivity contribution is -0.123. The van der Waals surface area contributed by atoms with Crippen LogP contribution in [0.15, 0.2) is 29.2 Å². The number of nitrogens with zero attached hydrogens (tertiary/aromatic N) is 1. The van der Waals surface area contributed by atoms with E-state index in [0.29, 0.717) is 5.69 Å². The number of rotatable bonds is 8. The van der Waals surface area contributed by atoms with Crippen LogP contribution in [0, 0.1) is 5.92 Å². The van der Waals surface area contributed by atoms with Gasteiger partial charge < -0.3 is 16.4 Å². The highest BCUT2D eigenvalue weighted by Gasteiger charge is 2.30. The number of hydrogen-bond acceptors (Lipinski definition) is 5. The summed E-state index contributed by atoms with van der Waals surface area (Å²) < 4.78 is 26.2. The molecule has 1 unspecified atom stereocenters. The fourth-order valence-corrected chi connectivity index (χ4v) is 3.30. The largest absolute Gasteiger partial charge is 0.348 e. The van der Waals surface area contributed by atoms with Gasteiger partial charge in [-0.1, -0.05) is 13.8 Å². The van der Waals surface area contributed by atoms with Crippen molar-refractivity contribution in [3.63, 3.8) is 0 Å². The van der Waals surface area contributed by atoms with Crippen molar-refractivity contribution < 1.29 is 18.0 Å². The summed E-state index contributed by atoms with van der Waals surface area (Å²) in [7, 11) is -2.49. The Balaban J connectivity index is 2.86. The summed E-state index contributed by atoms with van der Waals surface area (Å²) in [5.41, 5.74) is 5.62. The second kappa shape index (κ2) is 8.61. The molecule has 9 heteroatoms. The molecule has 0 aromatic heterocycles. The average molecular weight is 385 g/mol. The summed E-state index contributed by atoms with van der Waals surface area (Å²) in [6.07, 6.45) is 0. The van der Waals surface area contributed by atoms with Crippen molar-refractivity contribution in [2.75, 3.05) is 25.5 Å². The van der Waals surface area contributed by atoms with Crippen molar-refractivity contribution >= 4 is 27.5 Å². The van der Waals surface area contributed by atoms with Gasteiger partial charge in [-0.25, -0.2) is 8.42 Å². The molecule has 0 aliphatic carbocycles. The number of carbonyl (C=O) groups is 2. The second-order valence-electron chi connectivity index (χ2n) is 6.79. The third-order valence-electron chi connectivity index (χ3n) is 4.37. The highest BCUT2D eigenvalue weighted by Crippen LogP contribution is 2.18. The van der Waals surface area contributed by atoms with Crippen LogP contribution in [0.5, 0.6) is 0 Å². The number of carbonyl (C=O) groups excluding carboxylic acids is 2. The van der Waals surface area contributed by atoms with Crippen LogP contribution in [0.1, 0.15) is 27.7 Å². The normalized spacial score (nSPS) is 14.2.